The molecule has 0 aromatic carbocycles. The van der Waals surface area contributed by atoms with Gasteiger partial charge in [-0.2, -0.15) is 0 Å². The number of pyridine rings is 2. The molecule has 3 N–H and O–H groups in total. The Bertz CT molecular complexity index is 1070. The Morgan fingerprint density at radius 2 is 1.43 bits per heavy atom. The molecular weight excluding hydrogens is 434 g/mol. The summed E-state index contributed by atoms with van der Waals surface area (Å²) in [7, 11) is -11.2. The summed E-state index contributed by atoms with van der Waals surface area (Å²) in [4.78, 5) is 31.3. The van der Waals surface area contributed by atoms with Crippen LogP contribution in [0.1, 0.15) is 13.9 Å². The average molecular weight is 456 g/mol. The first-order valence-corrected chi connectivity index (χ1v) is 11.6. The molecule has 3 aromatic heterocycles. The highest BCUT2D eigenvalue weighted by Crippen LogP contribution is 2.73. The molecule has 0 saturated heterocycles. The van der Waals surface area contributed by atoms with Crippen LogP contribution >= 0.6 is 15.2 Å². The quantitative estimate of drug-likeness (QED) is 0.386. The van der Waals surface area contributed by atoms with Gasteiger partial charge in [0.2, 0.25) is 0 Å². The number of imidazole rings is 1. The van der Waals surface area contributed by atoms with Crippen molar-refractivity contribution in [3.8, 4) is 0 Å². The van der Waals surface area contributed by atoms with Crippen molar-refractivity contribution in [2.24, 2.45) is 0 Å². The lowest BCUT2D eigenvalue weighted by Gasteiger charge is -2.35. The first-order valence-electron chi connectivity index (χ1n) is 9.45. The van der Waals surface area contributed by atoms with Crippen molar-refractivity contribution in [3.05, 3.63) is 78.9 Å². The van der Waals surface area contributed by atoms with Gasteiger partial charge in [-0.15, -0.1) is 0 Å². The van der Waals surface area contributed by atoms with Crippen LogP contribution in [0, 0.1) is 0 Å². The van der Waals surface area contributed by atoms with Crippen molar-refractivity contribution in [1.29, 1.82) is 0 Å². The molecule has 160 valence electrons. The molecule has 0 bridgehead atoms. The lowest BCUT2D eigenvalue weighted by Crippen LogP contribution is -2.35. The lowest BCUT2D eigenvalue weighted by atomic mass is 10.3. The van der Waals surface area contributed by atoms with Crippen LogP contribution in [-0.4, -0.2) is 39.5 Å². The standard InChI is InChI=1S/C17H20N4O7P2/c22-17(29(23,24)25,13-21-10-9-20-14-21)30(26,27-11-15-1-5-18-6-2-15)28-12-16-3-7-19-8-4-16/h1-10,14,22H,11-13H2,(H2,23,24,25)/i13D2. The van der Waals surface area contributed by atoms with Crippen LogP contribution in [0.3, 0.4) is 0 Å². The van der Waals surface area contributed by atoms with E-state index in [2.05, 4.69) is 15.0 Å². The van der Waals surface area contributed by atoms with Crippen LogP contribution in [0.2, 0.25) is 0 Å². The fourth-order valence-electron chi connectivity index (χ4n) is 2.28. The molecular formula is C17H20N4O7P2. The Morgan fingerprint density at radius 3 is 1.83 bits per heavy atom. The maximum Gasteiger partial charge on any atom is 0.377 e. The topological polar surface area (TPSA) is 157 Å². The summed E-state index contributed by atoms with van der Waals surface area (Å²) < 4.78 is 54.1. The molecule has 3 rings (SSSR count). The maximum atomic E-state index is 13.9. The van der Waals surface area contributed by atoms with Gasteiger partial charge in [-0.25, -0.2) is 4.98 Å². The van der Waals surface area contributed by atoms with Crippen molar-refractivity contribution in [1.82, 2.24) is 19.5 Å². The van der Waals surface area contributed by atoms with Crippen molar-refractivity contribution in [2.75, 3.05) is 0 Å². The van der Waals surface area contributed by atoms with E-state index in [0.717, 1.165) is 18.7 Å². The number of aliphatic hydroxyl groups is 1. The highest BCUT2D eigenvalue weighted by atomic mass is 31.2. The Kier molecular flexibility index (Phi) is 6.10. The molecule has 1 unspecified atom stereocenters. The summed E-state index contributed by atoms with van der Waals surface area (Å²) in [6.07, 6.45) is 8.62. The highest BCUT2D eigenvalue weighted by Gasteiger charge is 2.62. The summed E-state index contributed by atoms with van der Waals surface area (Å²) in [5.74, 6) is 0. The molecule has 0 amide bonds. The predicted molar refractivity (Wildman–Crippen MR) is 105 cm³/mol. The Balaban J connectivity index is 2.08. The van der Waals surface area contributed by atoms with Crippen LogP contribution in [-0.2, 0) is 37.9 Å². The van der Waals surface area contributed by atoms with E-state index < -0.39 is 40.0 Å². The first kappa shape index (κ1) is 19.7. The van der Waals surface area contributed by atoms with E-state index in [0.29, 0.717) is 15.7 Å². The minimum Gasteiger partial charge on any atom is -0.366 e. The van der Waals surface area contributed by atoms with Crippen molar-refractivity contribution in [3.63, 3.8) is 0 Å². The van der Waals surface area contributed by atoms with Gasteiger partial charge in [-0.3, -0.25) is 19.1 Å². The number of hydrogen-bond acceptors (Lipinski definition) is 8. The molecule has 30 heavy (non-hydrogen) atoms. The monoisotopic (exact) mass is 456 g/mol. The molecule has 3 heterocycles. The molecule has 0 fully saturated rings. The second-order valence-electron chi connectivity index (χ2n) is 6.02. The van der Waals surface area contributed by atoms with E-state index in [-0.39, 0.29) is 0 Å². The number of rotatable bonds is 10. The van der Waals surface area contributed by atoms with Gasteiger partial charge in [0.05, 0.1) is 28.8 Å². The van der Waals surface area contributed by atoms with E-state index >= 15 is 0 Å². The number of nitrogens with zero attached hydrogens (tertiary/aromatic N) is 4. The lowest BCUT2D eigenvalue weighted by molar-refractivity contribution is 0.0807. The van der Waals surface area contributed by atoms with Crippen LogP contribution in [0.15, 0.2) is 67.8 Å². The minimum absolute atomic E-state index is 0.393. The fraction of sp³-hybridized carbons (Fsp3) is 0.235. The third-order valence-corrected chi connectivity index (χ3v) is 8.10. The van der Waals surface area contributed by atoms with E-state index in [4.69, 9.17) is 11.8 Å². The van der Waals surface area contributed by atoms with Crippen LogP contribution in [0.4, 0.5) is 0 Å². The molecule has 0 aliphatic carbocycles. The third-order valence-electron chi connectivity index (χ3n) is 3.87. The number of aromatic nitrogens is 4. The van der Waals surface area contributed by atoms with E-state index in [1.807, 2.05) is 0 Å². The van der Waals surface area contributed by atoms with E-state index in [9.17, 15) is 24.0 Å². The molecule has 0 saturated carbocycles. The van der Waals surface area contributed by atoms with Gasteiger partial charge < -0.3 is 28.5 Å². The van der Waals surface area contributed by atoms with Crippen LogP contribution in [0.5, 0.6) is 0 Å². The molecule has 0 radical (unpaired) electrons. The maximum absolute atomic E-state index is 13.9. The molecule has 0 spiro atoms. The summed E-state index contributed by atoms with van der Waals surface area (Å²) in [6, 6.07) is 5.92. The van der Waals surface area contributed by atoms with Crippen LogP contribution in [0.25, 0.3) is 0 Å². The van der Waals surface area contributed by atoms with Crippen LogP contribution < -0.4 is 0 Å². The summed E-state index contributed by atoms with van der Waals surface area (Å²) >= 11 is 0. The summed E-state index contributed by atoms with van der Waals surface area (Å²) in [5, 5.41) is 7.28. The predicted octanol–water partition coefficient (Wildman–Crippen LogP) is 2.12. The zero-order chi connectivity index (χ0) is 23.5. The highest BCUT2D eigenvalue weighted by molar-refractivity contribution is 7.72. The van der Waals surface area contributed by atoms with Gasteiger partial charge in [0, 0.05) is 37.2 Å². The van der Waals surface area contributed by atoms with E-state index in [1.54, 1.807) is 0 Å². The minimum atomic E-state index is -5.92. The SMILES string of the molecule is [2H]C([2H])(n1ccnc1)C(O)(P(=O)(O)O)P(=O)(OCc1ccncc1)OCc1ccncc1. The van der Waals surface area contributed by atoms with Crippen molar-refractivity contribution < 1.29 is 35.8 Å². The zero-order valence-electron chi connectivity index (χ0n) is 17.4. The third kappa shape index (κ3) is 5.08. The van der Waals surface area contributed by atoms with Gasteiger partial charge in [0.1, 0.15) is 0 Å². The van der Waals surface area contributed by atoms with Gasteiger partial charge in [0.15, 0.2) is 0 Å². The molecule has 0 aliphatic rings. The normalized spacial score (nSPS) is 15.8. The molecule has 1 atom stereocenters. The Morgan fingerprint density at radius 1 is 0.933 bits per heavy atom. The molecule has 3 aromatic rings. The molecule has 11 nitrogen and oxygen atoms in total. The largest absolute Gasteiger partial charge is 0.377 e. The van der Waals surface area contributed by atoms with Gasteiger partial charge >= 0.3 is 15.2 Å². The Hall–Kier alpha value is -2.23. The van der Waals surface area contributed by atoms with Gasteiger partial charge in [-0.1, -0.05) is 0 Å². The second-order valence-corrected chi connectivity index (χ2v) is 10.3. The Labute approximate surface area is 174 Å². The average Bonchev–Trinajstić information content (AvgIpc) is 3.32. The molecule has 13 heteroatoms. The second kappa shape index (κ2) is 9.28. The van der Waals surface area contributed by atoms with Gasteiger partial charge in [-0.05, 0) is 35.4 Å². The summed E-state index contributed by atoms with van der Waals surface area (Å²) in [6.45, 7) is -4.38. The van der Waals surface area contributed by atoms with Crippen molar-refractivity contribution >= 4 is 15.2 Å². The van der Waals surface area contributed by atoms with E-state index in [1.165, 1.54) is 49.1 Å². The first-order chi connectivity index (χ1) is 15.0. The van der Waals surface area contributed by atoms with Gasteiger partial charge in [0.25, 0.3) is 5.08 Å². The smallest absolute Gasteiger partial charge is 0.366 e. The fourth-order valence-corrected chi connectivity index (χ4v) is 5.46. The van der Waals surface area contributed by atoms with Crippen molar-refractivity contribution in [2.45, 2.75) is 24.8 Å². The molecule has 0 aliphatic heterocycles. The zero-order valence-corrected chi connectivity index (χ0v) is 17.2. The summed E-state index contributed by atoms with van der Waals surface area (Å²) in [5.41, 5.74) is 0.785. The number of hydrogen-bond donors (Lipinski definition) is 3.